The Balaban J connectivity index is 2.16. The predicted octanol–water partition coefficient (Wildman–Crippen LogP) is 1.84. The number of halogens is 1. The van der Waals surface area contributed by atoms with Gasteiger partial charge in [-0.3, -0.25) is 4.79 Å². The first kappa shape index (κ1) is 13.4. The lowest BCUT2D eigenvalue weighted by Crippen LogP contribution is -2.59. The van der Waals surface area contributed by atoms with Crippen molar-refractivity contribution in [3.8, 4) is 5.75 Å². The van der Waals surface area contributed by atoms with Crippen LogP contribution in [0.3, 0.4) is 0 Å². The van der Waals surface area contributed by atoms with E-state index in [1.165, 1.54) is 0 Å². The lowest BCUT2D eigenvalue weighted by molar-refractivity contribution is 0.0395. The van der Waals surface area contributed by atoms with E-state index in [1.807, 2.05) is 31.1 Å². The van der Waals surface area contributed by atoms with Crippen LogP contribution in [-0.2, 0) is 0 Å². The quantitative estimate of drug-likeness (QED) is 0.854. The summed E-state index contributed by atoms with van der Waals surface area (Å²) in [5, 5.41) is 0. The molecule has 0 atom stereocenters. The summed E-state index contributed by atoms with van der Waals surface area (Å²) < 4.78 is 6.03. The van der Waals surface area contributed by atoms with E-state index in [-0.39, 0.29) is 5.91 Å². The van der Waals surface area contributed by atoms with Crippen LogP contribution in [0.15, 0.2) is 22.7 Å². The number of amides is 1. The van der Waals surface area contributed by atoms with Crippen LogP contribution < -0.4 is 4.74 Å². The third kappa shape index (κ3) is 2.37. The van der Waals surface area contributed by atoms with Crippen LogP contribution >= 0.6 is 15.9 Å². The van der Waals surface area contributed by atoms with Crippen LogP contribution in [0, 0.1) is 0 Å². The number of likely N-dealkylation sites (tertiary alicyclic amines) is 1. The van der Waals surface area contributed by atoms with Crippen LogP contribution in [0.4, 0.5) is 0 Å². The average Bonchev–Trinajstić information content (AvgIpc) is 2.25. The van der Waals surface area contributed by atoms with Gasteiger partial charge in [0, 0.05) is 23.6 Å². The molecule has 0 radical (unpaired) electrons. The molecule has 1 aromatic carbocycles. The number of carbonyl (C=O) groups is 1. The van der Waals surface area contributed by atoms with Crippen LogP contribution in [0.1, 0.15) is 10.4 Å². The second-order valence-electron chi connectivity index (χ2n) is 4.64. The van der Waals surface area contributed by atoms with Gasteiger partial charge in [0.15, 0.2) is 0 Å². The van der Waals surface area contributed by atoms with Crippen LogP contribution in [0.25, 0.3) is 0 Å². The van der Waals surface area contributed by atoms with Gasteiger partial charge in [0.05, 0.1) is 12.7 Å². The molecule has 2 rings (SSSR count). The first-order valence-corrected chi connectivity index (χ1v) is 6.62. The van der Waals surface area contributed by atoms with Crippen molar-refractivity contribution in [2.75, 3.05) is 34.3 Å². The summed E-state index contributed by atoms with van der Waals surface area (Å²) in [6.45, 7) is 1.55. The van der Waals surface area contributed by atoms with E-state index in [0.717, 1.165) is 17.6 Å². The molecule has 1 heterocycles. The highest BCUT2D eigenvalue weighted by Crippen LogP contribution is 2.29. The van der Waals surface area contributed by atoms with E-state index in [4.69, 9.17) is 4.74 Å². The normalized spacial score (nSPS) is 15.7. The summed E-state index contributed by atoms with van der Waals surface area (Å²) in [5.41, 5.74) is 0.609. The smallest absolute Gasteiger partial charge is 0.258 e. The van der Waals surface area contributed by atoms with Crippen molar-refractivity contribution in [3.05, 3.63) is 28.2 Å². The van der Waals surface area contributed by atoms with Gasteiger partial charge in [0.1, 0.15) is 5.75 Å². The van der Waals surface area contributed by atoms with Gasteiger partial charge in [-0.25, -0.2) is 0 Å². The zero-order valence-electron chi connectivity index (χ0n) is 10.8. The molecule has 1 fully saturated rings. The molecule has 1 aromatic rings. The fraction of sp³-hybridized carbons (Fsp3) is 0.462. The molecular formula is C13H17BrN2O2. The SMILES string of the molecule is COc1cccc(Br)c1C(=O)N1CC(N(C)C)C1. The highest BCUT2D eigenvalue weighted by Gasteiger charge is 2.34. The molecule has 5 heteroatoms. The van der Waals surface area contributed by atoms with E-state index in [0.29, 0.717) is 17.4 Å². The molecule has 0 saturated carbocycles. The number of hydrogen-bond donors (Lipinski definition) is 0. The monoisotopic (exact) mass is 312 g/mol. The Kier molecular flexibility index (Phi) is 3.92. The number of hydrogen-bond acceptors (Lipinski definition) is 3. The molecule has 4 nitrogen and oxygen atoms in total. The predicted molar refractivity (Wildman–Crippen MR) is 74.1 cm³/mol. The molecule has 0 spiro atoms. The van der Waals surface area contributed by atoms with Crippen molar-refractivity contribution in [1.82, 2.24) is 9.80 Å². The Morgan fingerprint density at radius 1 is 1.44 bits per heavy atom. The molecule has 98 valence electrons. The van der Waals surface area contributed by atoms with E-state index in [9.17, 15) is 4.79 Å². The number of likely N-dealkylation sites (N-methyl/N-ethyl adjacent to an activating group) is 1. The maximum Gasteiger partial charge on any atom is 0.258 e. The van der Waals surface area contributed by atoms with Gasteiger partial charge < -0.3 is 14.5 Å². The fourth-order valence-electron chi connectivity index (χ4n) is 1.99. The zero-order chi connectivity index (χ0) is 13.3. The Labute approximate surface area is 116 Å². The summed E-state index contributed by atoms with van der Waals surface area (Å²) in [5.74, 6) is 0.639. The minimum Gasteiger partial charge on any atom is -0.496 e. The van der Waals surface area contributed by atoms with Gasteiger partial charge in [-0.15, -0.1) is 0 Å². The fourth-order valence-corrected chi connectivity index (χ4v) is 2.51. The van der Waals surface area contributed by atoms with E-state index in [1.54, 1.807) is 13.2 Å². The van der Waals surface area contributed by atoms with Crippen LogP contribution in [0.2, 0.25) is 0 Å². The van der Waals surface area contributed by atoms with Crippen molar-refractivity contribution in [3.63, 3.8) is 0 Å². The van der Waals surface area contributed by atoms with Gasteiger partial charge in [0.25, 0.3) is 5.91 Å². The molecule has 0 bridgehead atoms. The highest BCUT2D eigenvalue weighted by atomic mass is 79.9. The number of benzene rings is 1. The first-order valence-electron chi connectivity index (χ1n) is 5.82. The van der Waals surface area contributed by atoms with Crippen molar-refractivity contribution in [2.45, 2.75) is 6.04 Å². The number of ether oxygens (including phenoxy) is 1. The minimum atomic E-state index is 0.0254. The summed E-state index contributed by atoms with van der Waals surface area (Å²) in [6.07, 6.45) is 0. The maximum absolute atomic E-state index is 12.4. The van der Waals surface area contributed by atoms with E-state index < -0.39 is 0 Å². The summed E-state index contributed by atoms with van der Waals surface area (Å²) in [4.78, 5) is 16.4. The molecule has 0 unspecified atom stereocenters. The summed E-state index contributed by atoms with van der Waals surface area (Å²) in [6, 6.07) is 5.99. The maximum atomic E-state index is 12.4. The van der Waals surface area contributed by atoms with Gasteiger partial charge in [-0.2, -0.15) is 0 Å². The van der Waals surface area contributed by atoms with Gasteiger partial charge in [0.2, 0.25) is 0 Å². The van der Waals surface area contributed by atoms with E-state index in [2.05, 4.69) is 20.8 Å². The number of rotatable bonds is 3. The number of nitrogens with zero attached hydrogens (tertiary/aromatic N) is 2. The molecule has 0 N–H and O–H groups in total. The van der Waals surface area contributed by atoms with E-state index >= 15 is 0 Å². The molecule has 1 saturated heterocycles. The largest absolute Gasteiger partial charge is 0.496 e. The molecule has 0 aliphatic carbocycles. The van der Waals surface area contributed by atoms with Crippen molar-refractivity contribution < 1.29 is 9.53 Å². The van der Waals surface area contributed by atoms with Crippen molar-refractivity contribution in [1.29, 1.82) is 0 Å². The molecule has 1 aliphatic heterocycles. The highest BCUT2D eigenvalue weighted by molar-refractivity contribution is 9.10. The Morgan fingerprint density at radius 2 is 2.11 bits per heavy atom. The Morgan fingerprint density at radius 3 is 2.67 bits per heavy atom. The second-order valence-corrected chi connectivity index (χ2v) is 5.50. The third-order valence-corrected chi connectivity index (χ3v) is 3.95. The van der Waals surface area contributed by atoms with Crippen molar-refractivity contribution in [2.24, 2.45) is 0 Å². The van der Waals surface area contributed by atoms with Gasteiger partial charge in [-0.1, -0.05) is 6.07 Å². The lowest BCUT2D eigenvalue weighted by atomic mass is 10.1. The average molecular weight is 313 g/mol. The minimum absolute atomic E-state index is 0.0254. The number of methoxy groups -OCH3 is 1. The summed E-state index contributed by atoms with van der Waals surface area (Å²) >= 11 is 3.42. The van der Waals surface area contributed by atoms with Gasteiger partial charge in [-0.05, 0) is 42.2 Å². The molecule has 1 aliphatic rings. The van der Waals surface area contributed by atoms with Crippen molar-refractivity contribution >= 4 is 21.8 Å². The van der Waals surface area contributed by atoms with Crippen LogP contribution in [-0.4, -0.2) is 56.0 Å². The standard InChI is InChI=1S/C13H17BrN2O2/c1-15(2)9-7-16(8-9)13(17)12-10(14)5-4-6-11(12)18-3/h4-6,9H,7-8H2,1-3H3. The topological polar surface area (TPSA) is 32.8 Å². The van der Waals surface area contributed by atoms with Gasteiger partial charge >= 0.3 is 0 Å². The number of carbonyl (C=O) groups excluding carboxylic acids is 1. The molecule has 18 heavy (non-hydrogen) atoms. The Hall–Kier alpha value is -1.07. The Bertz CT molecular complexity index is 456. The zero-order valence-corrected chi connectivity index (χ0v) is 12.4. The second kappa shape index (κ2) is 5.28. The third-order valence-electron chi connectivity index (χ3n) is 3.29. The first-order chi connectivity index (χ1) is 8.54. The molecule has 1 amide bonds. The lowest BCUT2D eigenvalue weighted by Gasteiger charge is -2.43. The van der Waals surface area contributed by atoms with Crippen LogP contribution in [0.5, 0.6) is 5.75 Å². The molecular weight excluding hydrogens is 296 g/mol. The summed E-state index contributed by atoms with van der Waals surface area (Å²) in [7, 11) is 5.65. The molecule has 0 aromatic heterocycles.